The van der Waals surface area contributed by atoms with Gasteiger partial charge in [0, 0.05) is 0 Å². The van der Waals surface area contributed by atoms with E-state index in [1.54, 1.807) is 7.22 Å². The van der Waals surface area contributed by atoms with Crippen LogP contribution in [0.5, 0.6) is 0 Å². The van der Waals surface area contributed by atoms with Gasteiger partial charge in [-0.15, -0.1) is 0 Å². The molecule has 0 aliphatic rings. The average molecular weight is 451 g/mol. The van der Waals surface area contributed by atoms with Crippen LogP contribution in [-0.4, -0.2) is 41.8 Å². The normalized spacial score (nSPS) is 10.4. The Morgan fingerprint density at radius 2 is 1.00 bits per heavy atom. The molecule has 2 aromatic rings. The molecule has 0 N–H and O–H groups in total. The molecule has 0 heterocycles. The van der Waals surface area contributed by atoms with E-state index < -0.39 is 0 Å². The Labute approximate surface area is 124 Å². The molecule has 0 bridgehead atoms. The Balaban J connectivity index is 1.61. The summed E-state index contributed by atoms with van der Waals surface area (Å²) in [5.41, 5.74) is 0. The topological polar surface area (TPSA) is 0 Å². The van der Waals surface area contributed by atoms with Gasteiger partial charge in [-0.1, -0.05) is 0 Å². The Hall–Kier alpha value is 0.0192. The first kappa shape index (κ1) is 13.5. The molecule has 0 nitrogen and oxygen atoms in total. The molecule has 2 rings (SSSR count). The first-order valence-corrected chi connectivity index (χ1v) is 11.4. The molecule has 17 heavy (non-hydrogen) atoms. The van der Waals surface area contributed by atoms with Crippen LogP contribution in [0.15, 0.2) is 60.7 Å². The van der Waals surface area contributed by atoms with Crippen LogP contribution < -0.4 is 7.22 Å². The second-order valence-corrected chi connectivity index (χ2v) is 10.3. The van der Waals surface area contributed by atoms with Gasteiger partial charge in [-0.25, -0.2) is 0 Å². The fourth-order valence-corrected chi connectivity index (χ4v) is 8.23. The third-order valence-corrected chi connectivity index (χ3v) is 8.58. The number of hydrogen-bond acceptors (Lipinski definition) is 0. The zero-order valence-electron chi connectivity index (χ0n) is 9.71. The molecule has 0 fully saturated rings. The van der Waals surface area contributed by atoms with Gasteiger partial charge in [0.2, 0.25) is 0 Å². The third kappa shape index (κ3) is 5.46. The second-order valence-electron chi connectivity index (χ2n) is 3.68. The monoisotopic (exact) mass is 456 g/mol. The van der Waals surface area contributed by atoms with Crippen LogP contribution in [-0.2, 0) is 0 Å². The van der Waals surface area contributed by atoms with Crippen molar-refractivity contribution in [2.24, 2.45) is 0 Å². The zero-order valence-corrected chi connectivity index (χ0v) is 14.4. The fraction of sp³-hybridized carbons (Fsp3) is 0.200. The summed E-state index contributed by atoms with van der Waals surface area (Å²) < 4.78 is 6.15. The van der Waals surface area contributed by atoms with Crippen LogP contribution in [0, 0.1) is 0 Å². The predicted molar refractivity (Wildman–Crippen MR) is 77.9 cm³/mol. The summed E-state index contributed by atoms with van der Waals surface area (Å²) in [4.78, 5) is 0. The zero-order chi connectivity index (χ0) is 11.8. The van der Waals surface area contributed by atoms with Crippen LogP contribution in [0.25, 0.3) is 0 Å². The van der Waals surface area contributed by atoms with Crippen molar-refractivity contribution in [2.75, 3.05) is 0 Å². The number of rotatable bonds is 6. The van der Waals surface area contributed by atoms with Crippen LogP contribution in [0.3, 0.4) is 0 Å². The molecular formula is C15H16Te2. The van der Waals surface area contributed by atoms with Crippen molar-refractivity contribution in [1.82, 2.24) is 0 Å². The molecular weight excluding hydrogens is 435 g/mol. The minimum atomic E-state index is 0.0879. The molecule has 2 heteroatoms. The fourth-order valence-electron chi connectivity index (χ4n) is 1.47. The summed E-state index contributed by atoms with van der Waals surface area (Å²) in [7, 11) is 0. The molecule has 2 aromatic carbocycles. The van der Waals surface area contributed by atoms with Crippen molar-refractivity contribution < 1.29 is 0 Å². The van der Waals surface area contributed by atoms with Crippen LogP contribution in [0.4, 0.5) is 0 Å². The van der Waals surface area contributed by atoms with E-state index in [0.717, 1.165) is 0 Å². The maximum absolute atomic E-state index is 2.29. The van der Waals surface area contributed by atoms with Crippen molar-refractivity contribution in [1.29, 1.82) is 0 Å². The van der Waals surface area contributed by atoms with E-state index in [2.05, 4.69) is 60.7 Å². The molecule has 0 saturated heterocycles. The molecule has 0 aromatic heterocycles. The van der Waals surface area contributed by atoms with E-state index in [-0.39, 0.29) is 41.8 Å². The maximum atomic E-state index is 2.29. The van der Waals surface area contributed by atoms with Crippen molar-refractivity contribution in [3.05, 3.63) is 60.7 Å². The molecule has 0 radical (unpaired) electrons. The van der Waals surface area contributed by atoms with Gasteiger partial charge >= 0.3 is 125 Å². The Morgan fingerprint density at radius 1 is 0.588 bits per heavy atom. The Morgan fingerprint density at radius 3 is 1.41 bits per heavy atom. The molecule has 0 saturated carbocycles. The SMILES string of the molecule is c1ccc([Te]CCC[Te]c2ccccc2)cc1. The summed E-state index contributed by atoms with van der Waals surface area (Å²) in [6.45, 7) is 0. The van der Waals surface area contributed by atoms with Gasteiger partial charge in [-0.05, 0) is 0 Å². The summed E-state index contributed by atoms with van der Waals surface area (Å²) in [6.07, 6.45) is 1.44. The molecule has 88 valence electrons. The molecule has 0 unspecified atom stereocenters. The van der Waals surface area contributed by atoms with Gasteiger partial charge in [-0.3, -0.25) is 0 Å². The summed E-state index contributed by atoms with van der Waals surface area (Å²) in [5.74, 6) is 0. The molecule has 0 amide bonds. The van der Waals surface area contributed by atoms with Gasteiger partial charge in [-0.2, -0.15) is 0 Å². The van der Waals surface area contributed by atoms with E-state index >= 15 is 0 Å². The van der Waals surface area contributed by atoms with E-state index in [1.165, 1.54) is 15.4 Å². The summed E-state index contributed by atoms with van der Waals surface area (Å²) in [5, 5.41) is 0. The summed E-state index contributed by atoms with van der Waals surface area (Å²) in [6, 6.07) is 22.0. The average Bonchev–Trinajstić information content (AvgIpc) is 2.41. The van der Waals surface area contributed by atoms with E-state index in [4.69, 9.17) is 0 Å². The number of benzene rings is 2. The molecule has 0 aliphatic heterocycles. The first-order chi connectivity index (χ1) is 8.45. The van der Waals surface area contributed by atoms with Crippen molar-refractivity contribution in [3.63, 3.8) is 0 Å². The van der Waals surface area contributed by atoms with Crippen molar-refractivity contribution in [2.45, 2.75) is 15.4 Å². The van der Waals surface area contributed by atoms with Crippen LogP contribution >= 0.6 is 0 Å². The molecule has 0 aliphatic carbocycles. The first-order valence-electron chi connectivity index (χ1n) is 5.81. The van der Waals surface area contributed by atoms with Crippen LogP contribution in [0.1, 0.15) is 6.42 Å². The Bertz CT molecular complexity index is 370. The van der Waals surface area contributed by atoms with E-state index in [1.807, 2.05) is 0 Å². The van der Waals surface area contributed by atoms with Gasteiger partial charge in [0.15, 0.2) is 0 Å². The van der Waals surface area contributed by atoms with E-state index in [0.29, 0.717) is 0 Å². The predicted octanol–water partition coefficient (Wildman–Crippen LogP) is 2.27. The van der Waals surface area contributed by atoms with Gasteiger partial charge < -0.3 is 0 Å². The molecule has 0 atom stereocenters. The van der Waals surface area contributed by atoms with Crippen molar-refractivity contribution in [3.8, 4) is 0 Å². The quantitative estimate of drug-likeness (QED) is 0.467. The summed E-state index contributed by atoms with van der Waals surface area (Å²) >= 11 is 0.176. The van der Waals surface area contributed by atoms with Gasteiger partial charge in [0.1, 0.15) is 0 Å². The second kappa shape index (κ2) is 8.18. The third-order valence-electron chi connectivity index (χ3n) is 2.31. The molecule has 0 spiro atoms. The van der Waals surface area contributed by atoms with Gasteiger partial charge in [0.25, 0.3) is 0 Å². The number of hydrogen-bond donors (Lipinski definition) is 0. The Kier molecular flexibility index (Phi) is 6.47. The van der Waals surface area contributed by atoms with Crippen molar-refractivity contribution >= 4 is 49.1 Å². The van der Waals surface area contributed by atoms with Crippen LogP contribution in [0.2, 0.25) is 8.94 Å². The minimum absolute atomic E-state index is 0.0879. The van der Waals surface area contributed by atoms with Gasteiger partial charge in [0.05, 0.1) is 0 Å². The standard InChI is InChI=1S/C15H16Te2/c1-3-8-14(9-4-1)16-12-7-13-17-15-10-5-2-6-11-15/h1-6,8-11H,7,12-13H2. The van der Waals surface area contributed by atoms with E-state index in [9.17, 15) is 0 Å².